The number of para-hydroxylation sites is 1. The number of nitrogens with one attached hydrogen (secondary N) is 2. The molecule has 3 aromatic carbocycles. The van der Waals surface area contributed by atoms with Crippen LogP contribution in [0.2, 0.25) is 5.02 Å². The van der Waals surface area contributed by atoms with Crippen LogP contribution in [-0.2, 0) is 15.8 Å². The molecule has 3 aromatic rings. The Balaban J connectivity index is 1.58. The van der Waals surface area contributed by atoms with E-state index in [0.29, 0.717) is 28.6 Å². The molecule has 0 heterocycles. The van der Waals surface area contributed by atoms with Gasteiger partial charge in [0.25, 0.3) is 15.9 Å². The van der Waals surface area contributed by atoms with Crippen LogP contribution in [0.25, 0.3) is 0 Å². The molecule has 2 N–H and O–H groups in total. The number of carbonyl (C=O) groups excluding carboxylic acids is 1. The molecule has 0 bridgehead atoms. The Bertz CT molecular complexity index is 1140. The minimum atomic E-state index is -3.82. The van der Waals surface area contributed by atoms with Crippen LogP contribution in [0, 0.1) is 5.82 Å². The first-order valence-corrected chi connectivity index (χ1v) is 12.4. The van der Waals surface area contributed by atoms with E-state index in [4.69, 9.17) is 11.6 Å². The number of carbonyl (C=O) groups is 1. The van der Waals surface area contributed by atoms with Gasteiger partial charge in [-0.1, -0.05) is 48.0 Å². The van der Waals surface area contributed by atoms with Crippen LogP contribution in [0.3, 0.4) is 0 Å². The normalized spacial score (nSPS) is 11.2. The lowest BCUT2D eigenvalue weighted by Crippen LogP contribution is -2.27. The second-order valence-electron chi connectivity index (χ2n) is 6.47. The Morgan fingerprint density at radius 2 is 1.68 bits per heavy atom. The summed E-state index contributed by atoms with van der Waals surface area (Å²) in [7, 11) is -3.82. The molecule has 3 rings (SSSR count). The molecule has 0 fully saturated rings. The summed E-state index contributed by atoms with van der Waals surface area (Å²) in [5, 5.41) is 3.13. The minimum Gasteiger partial charge on any atom is -0.351 e. The highest BCUT2D eigenvalue weighted by Gasteiger charge is 2.18. The Labute approximate surface area is 190 Å². The molecule has 5 nitrogen and oxygen atoms in total. The second-order valence-corrected chi connectivity index (χ2v) is 9.67. The highest BCUT2D eigenvalue weighted by atomic mass is 35.5. The maximum Gasteiger partial charge on any atom is 0.261 e. The number of halogens is 2. The van der Waals surface area contributed by atoms with Gasteiger partial charge in [0.15, 0.2) is 0 Å². The zero-order valence-electron chi connectivity index (χ0n) is 16.3. The Kier molecular flexibility index (Phi) is 7.95. The van der Waals surface area contributed by atoms with Gasteiger partial charge >= 0.3 is 0 Å². The van der Waals surface area contributed by atoms with Crippen LogP contribution >= 0.6 is 23.4 Å². The Morgan fingerprint density at radius 1 is 0.968 bits per heavy atom. The van der Waals surface area contributed by atoms with Crippen LogP contribution in [-0.4, -0.2) is 26.6 Å². The van der Waals surface area contributed by atoms with Gasteiger partial charge in [0.1, 0.15) is 5.82 Å². The molecular weight excluding hydrogens is 459 g/mol. The van der Waals surface area contributed by atoms with Crippen molar-refractivity contribution in [3.8, 4) is 0 Å². The van der Waals surface area contributed by atoms with Crippen molar-refractivity contribution in [3.05, 3.63) is 94.8 Å². The van der Waals surface area contributed by atoms with Gasteiger partial charge < -0.3 is 5.32 Å². The number of hydrogen-bond acceptors (Lipinski definition) is 4. The van der Waals surface area contributed by atoms with E-state index >= 15 is 0 Å². The zero-order chi connectivity index (χ0) is 22.3. The number of rotatable bonds is 9. The summed E-state index contributed by atoms with van der Waals surface area (Å²) in [4.78, 5) is 12.7. The van der Waals surface area contributed by atoms with Crippen LogP contribution in [0.15, 0.2) is 77.7 Å². The Morgan fingerprint density at radius 3 is 2.42 bits per heavy atom. The number of hydrogen-bond donors (Lipinski definition) is 2. The first-order valence-electron chi connectivity index (χ1n) is 9.34. The molecule has 1 amide bonds. The van der Waals surface area contributed by atoms with Crippen LogP contribution < -0.4 is 10.0 Å². The van der Waals surface area contributed by atoms with Crippen LogP contribution in [0.4, 0.5) is 10.1 Å². The molecule has 9 heteroatoms. The summed E-state index contributed by atoms with van der Waals surface area (Å²) in [5.41, 5.74) is 0.833. The molecule has 0 atom stereocenters. The van der Waals surface area contributed by atoms with Gasteiger partial charge in [0, 0.05) is 28.6 Å². The fourth-order valence-corrected chi connectivity index (χ4v) is 5.05. The SMILES string of the molecule is O=C(NCCSCc1c(F)cccc1Cl)c1ccccc1NS(=O)(=O)c1ccccc1. The van der Waals surface area contributed by atoms with Crippen molar-refractivity contribution in [1.82, 2.24) is 5.32 Å². The molecule has 0 aromatic heterocycles. The number of thioether (sulfide) groups is 1. The van der Waals surface area contributed by atoms with Crippen molar-refractivity contribution in [2.24, 2.45) is 0 Å². The first kappa shape index (κ1) is 23.1. The van der Waals surface area contributed by atoms with E-state index in [1.165, 1.54) is 36.0 Å². The molecule has 0 saturated carbocycles. The van der Waals surface area contributed by atoms with E-state index in [1.807, 2.05) is 0 Å². The van der Waals surface area contributed by atoms with Crippen molar-refractivity contribution in [1.29, 1.82) is 0 Å². The molecular formula is C22H20ClFN2O3S2. The van der Waals surface area contributed by atoms with Crippen molar-refractivity contribution in [2.45, 2.75) is 10.6 Å². The second kappa shape index (κ2) is 10.7. The molecule has 0 saturated heterocycles. The third-order valence-electron chi connectivity index (χ3n) is 4.31. The van der Waals surface area contributed by atoms with Gasteiger partial charge in [-0.3, -0.25) is 9.52 Å². The maximum atomic E-state index is 13.8. The standard InChI is InChI=1S/C22H20ClFN2O3S2/c23-19-10-6-11-20(24)18(19)15-30-14-13-25-22(27)17-9-4-5-12-21(17)26-31(28,29)16-7-2-1-3-8-16/h1-12,26H,13-15H2,(H,25,27). The van der Waals surface area contributed by atoms with Crippen molar-refractivity contribution in [2.75, 3.05) is 17.0 Å². The summed E-state index contributed by atoms with van der Waals surface area (Å²) in [5.74, 6) is 0.155. The van der Waals surface area contributed by atoms with Crippen molar-refractivity contribution in [3.63, 3.8) is 0 Å². The van der Waals surface area contributed by atoms with Gasteiger partial charge in [0.05, 0.1) is 16.1 Å². The van der Waals surface area contributed by atoms with E-state index in [1.54, 1.807) is 48.5 Å². The fourth-order valence-electron chi connectivity index (χ4n) is 2.75. The largest absolute Gasteiger partial charge is 0.351 e. The molecule has 0 aliphatic heterocycles. The fraction of sp³-hybridized carbons (Fsp3) is 0.136. The van der Waals surface area contributed by atoms with Gasteiger partial charge in [-0.15, -0.1) is 0 Å². The van der Waals surface area contributed by atoms with Gasteiger partial charge in [-0.2, -0.15) is 11.8 Å². The summed E-state index contributed by atoms with van der Waals surface area (Å²) in [6, 6.07) is 18.8. The van der Waals surface area contributed by atoms with Crippen molar-refractivity contribution < 1.29 is 17.6 Å². The summed E-state index contributed by atoms with van der Waals surface area (Å²) >= 11 is 7.44. The van der Waals surface area contributed by atoms with Gasteiger partial charge in [-0.25, -0.2) is 12.8 Å². The maximum absolute atomic E-state index is 13.8. The summed E-state index contributed by atoms with van der Waals surface area (Å²) in [6.07, 6.45) is 0. The van der Waals surface area contributed by atoms with Gasteiger partial charge in [0.2, 0.25) is 0 Å². The van der Waals surface area contributed by atoms with E-state index in [0.717, 1.165) is 0 Å². The quantitative estimate of drug-likeness (QED) is 0.427. The molecule has 0 radical (unpaired) electrons. The summed E-state index contributed by atoms with van der Waals surface area (Å²) < 4.78 is 41.4. The van der Waals surface area contributed by atoms with Crippen molar-refractivity contribution >= 4 is 45.0 Å². The van der Waals surface area contributed by atoms with Crippen LogP contribution in [0.1, 0.15) is 15.9 Å². The zero-order valence-corrected chi connectivity index (χ0v) is 18.7. The van der Waals surface area contributed by atoms with E-state index < -0.39 is 15.9 Å². The molecule has 31 heavy (non-hydrogen) atoms. The lowest BCUT2D eigenvalue weighted by Gasteiger charge is -2.13. The number of sulfonamides is 1. The predicted octanol–water partition coefficient (Wildman–Crippen LogP) is 4.94. The highest BCUT2D eigenvalue weighted by molar-refractivity contribution is 7.98. The molecule has 0 aliphatic rings. The molecule has 162 valence electrons. The van der Waals surface area contributed by atoms with Gasteiger partial charge in [-0.05, 0) is 36.4 Å². The number of anilines is 1. The topological polar surface area (TPSA) is 75.3 Å². The predicted molar refractivity (Wildman–Crippen MR) is 124 cm³/mol. The third kappa shape index (κ3) is 6.22. The minimum absolute atomic E-state index is 0.105. The molecule has 0 aliphatic carbocycles. The highest BCUT2D eigenvalue weighted by Crippen LogP contribution is 2.24. The molecule has 0 spiro atoms. The first-order chi connectivity index (χ1) is 14.9. The number of amides is 1. The molecule has 0 unspecified atom stereocenters. The lowest BCUT2D eigenvalue weighted by atomic mass is 10.2. The monoisotopic (exact) mass is 478 g/mol. The Hall–Kier alpha value is -2.55. The van der Waals surface area contributed by atoms with Crippen LogP contribution in [0.5, 0.6) is 0 Å². The number of benzene rings is 3. The van der Waals surface area contributed by atoms with E-state index in [9.17, 15) is 17.6 Å². The van der Waals surface area contributed by atoms with E-state index in [-0.39, 0.29) is 22.0 Å². The smallest absolute Gasteiger partial charge is 0.261 e. The average Bonchev–Trinajstić information content (AvgIpc) is 2.76. The van der Waals surface area contributed by atoms with E-state index in [2.05, 4.69) is 10.0 Å². The lowest BCUT2D eigenvalue weighted by molar-refractivity contribution is 0.0957. The summed E-state index contributed by atoms with van der Waals surface area (Å²) in [6.45, 7) is 0.329. The third-order valence-corrected chi connectivity index (χ3v) is 7.03. The average molecular weight is 479 g/mol.